The van der Waals surface area contributed by atoms with Crippen LogP contribution in [0.25, 0.3) is 0 Å². The Bertz CT molecular complexity index is 384. The van der Waals surface area contributed by atoms with E-state index in [0.29, 0.717) is 6.04 Å². The lowest BCUT2D eigenvalue weighted by atomic mass is 10.2. The molecule has 1 aliphatic rings. The molecule has 4 heteroatoms. The van der Waals surface area contributed by atoms with Crippen molar-refractivity contribution in [1.82, 2.24) is 9.88 Å². The lowest BCUT2D eigenvalue weighted by Gasteiger charge is -2.38. The second-order valence-corrected chi connectivity index (χ2v) is 4.87. The molecule has 3 nitrogen and oxygen atoms in total. The summed E-state index contributed by atoms with van der Waals surface area (Å²) in [5, 5.41) is 0. The van der Waals surface area contributed by atoms with Crippen LogP contribution in [0.1, 0.15) is 19.5 Å². The largest absolute Gasteiger partial charge is 0.367 e. The van der Waals surface area contributed by atoms with Crippen molar-refractivity contribution in [3.8, 4) is 0 Å². The SMILES string of the molecule is Cc1ncc(F)cc1N1CCN(C(C)C)CC1. The molecule has 0 bridgehead atoms. The van der Waals surface area contributed by atoms with Crippen molar-refractivity contribution in [2.24, 2.45) is 0 Å². The van der Waals surface area contributed by atoms with Gasteiger partial charge in [-0.15, -0.1) is 0 Å². The number of hydrogen-bond acceptors (Lipinski definition) is 3. The highest BCUT2D eigenvalue weighted by Gasteiger charge is 2.20. The first kappa shape index (κ1) is 12.3. The summed E-state index contributed by atoms with van der Waals surface area (Å²) >= 11 is 0. The van der Waals surface area contributed by atoms with Crippen LogP contribution in [0.15, 0.2) is 12.3 Å². The fourth-order valence-electron chi connectivity index (χ4n) is 2.30. The zero-order chi connectivity index (χ0) is 12.4. The number of anilines is 1. The highest BCUT2D eigenvalue weighted by molar-refractivity contribution is 5.50. The van der Waals surface area contributed by atoms with Crippen molar-refractivity contribution in [3.05, 3.63) is 23.8 Å². The van der Waals surface area contributed by atoms with E-state index in [2.05, 4.69) is 28.6 Å². The first-order valence-electron chi connectivity index (χ1n) is 6.19. The van der Waals surface area contributed by atoms with Crippen LogP contribution in [-0.2, 0) is 0 Å². The minimum Gasteiger partial charge on any atom is -0.367 e. The van der Waals surface area contributed by atoms with E-state index in [1.807, 2.05) is 6.92 Å². The maximum absolute atomic E-state index is 13.2. The molecule has 17 heavy (non-hydrogen) atoms. The lowest BCUT2D eigenvalue weighted by molar-refractivity contribution is 0.209. The van der Waals surface area contributed by atoms with Gasteiger partial charge < -0.3 is 4.90 Å². The molecule has 0 saturated carbocycles. The van der Waals surface area contributed by atoms with Crippen molar-refractivity contribution >= 4 is 5.69 Å². The molecule has 1 saturated heterocycles. The molecule has 1 aliphatic heterocycles. The number of aromatic nitrogens is 1. The quantitative estimate of drug-likeness (QED) is 0.785. The van der Waals surface area contributed by atoms with Gasteiger partial charge in [0.05, 0.1) is 17.6 Å². The molecular formula is C13H20FN3. The Labute approximate surface area is 102 Å². The van der Waals surface area contributed by atoms with Crippen molar-refractivity contribution < 1.29 is 4.39 Å². The highest BCUT2D eigenvalue weighted by atomic mass is 19.1. The van der Waals surface area contributed by atoms with Gasteiger partial charge in [0.2, 0.25) is 0 Å². The molecule has 0 N–H and O–H groups in total. The van der Waals surface area contributed by atoms with Gasteiger partial charge in [-0.1, -0.05) is 0 Å². The number of nitrogens with zero attached hydrogens (tertiary/aromatic N) is 3. The predicted molar refractivity (Wildman–Crippen MR) is 67.9 cm³/mol. The van der Waals surface area contributed by atoms with Gasteiger partial charge in [-0.05, 0) is 20.8 Å². The summed E-state index contributed by atoms with van der Waals surface area (Å²) in [6.07, 6.45) is 1.28. The number of rotatable bonds is 2. The van der Waals surface area contributed by atoms with Crippen molar-refractivity contribution in [2.45, 2.75) is 26.8 Å². The van der Waals surface area contributed by atoms with E-state index < -0.39 is 0 Å². The molecule has 1 fully saturated rings. The number of halogens is 1. The van der Waals surface area contributed by atoms with Gasteiger partial charge in [-0.2, -0.15) is 0 Å². The van der Waals surface area contributed by atoms with Crippen LogP contribution in [0.3, 0.4) is 0 Å². The van der Waals surface area contributed by atoms with Gasteiger partial charge >= 0.3 is 0 Å². The summed E-state index contributed by atoms with van der Waals surface area (Å²) in [4.78, 5) is 8.75. The monoisotopic (exact) mass is 237 g/mol. The molecule has 1 aromatic rings. The third-order valence-electron chi connectivity index (χ3n) is 3.41. The van der Waals surface area contributed by atoms with Crippen molar-refractivity contribution in [3.63, 3.8) is 0 Å². The first-order valence-corrected chi connectivity index (χ1v) is 6.19. The lowest BCUT2D eigenvalue weighted by Crippen LogP contribution is -2.49. The number of pyridine rings is 1. The fourth-order valence-corrected chi connectivity index (χ4v) is 2.30. The molecule has 0 unspecified atom stereocenters. The molecule has 0 aliphatic carbocycles. The molecule has 0 aromatic carbocycles. The van der Waals surface area contributed by atoms with Gasteiger partial charge in [0, 0.05) is 38.3 Å². The Morgan fingerprint density at radius 2 is 1.88 bits per heavy atom. The normalized spacial score (nSPS) is 17.8. The van der Waals surface area contributed by atoms with Crippen LogP contribution in [0.4, 0.5) is 10.1 Å². The van der Waals surface area contributed by atoms with E-state index in [4.69, 9.17) is 0 Å². The number of aryl methyl sites for hydroxylation is 1. The summed E-state index contributed by atoms with van der Waals surface area (Å²) in [5.74, 6) is -0.253. The molecule has 1 aromatic heterocycles. The van der Waals surface area contributed by atoms with Gasteiger partial charge in [0.15, 0.2) is 0 Å². The molecule has 2 heterocycles. The van der Waals surface area contributed by atoms with E-state index in [9.17, 15) is 4.39 Å². The Morgan fingerprint density at radius 1 is 1.24 bits per heavy atom. The zero-order valence-corrected chi connectivity index (χ0v) is 10.8. The minimum absolute atomic E-state index is 0.253. The maximum Gasteiger partial charge on any atom is 0.143 e. The third-order valence-corrected chi connectivity index (χ3v) is 3.41. The van der Waals surface area contributed by atoms with Crippen molar-refractivity contribution in [1.29, 1.82) is 0 Å². The standard InChI is InChI=1S/C13H20FN3/c1-10(2)16-4-6-17(7-5-16)13-8-12(14)9-15-11(13)3/h8-10H,4-7H2,1-3H3. The second-order valence-electron chi connectivity index (χ2n) is 4.87. The van der Waals surface area contributed by atoms with E-state index in [0.717, 1.165) is 37.6 Å². The zero-order valence-electron chi connectivity index (χ0n) is 10.8. The molecule has 2 rings (SSSR count). The van der Waals surface area contributed by atoms with E-state index in [-0.39, 0.29) is 5.82 Å². The topological polar surface area (TPSA) is 19.4 Å². The van der Waals surface area contributed by atoms with Gasteiger partial charge in [-0.25, -0.2) is 4.39 Å². The third kappa shape index (κ3) is 2.75. The Morgan fingerprint density at radius 3 is 2.47 bits per heavy atom. The van der Waals surface area contributed by atoms with Crippen LogP contribution in [-0.4, -0.2) is 42.1 Å². The summed E-state index contributed by atoms with van der Waals surface area (Å²) in [7, 11) is 0. The molecule has 0 atom stereocenters. The minimum atomic E-state index is -0.253. The van der Waals surface area contributed by atoms with Gasteiger partial charge in [-0.3, -0.25) is 9.88 Å². The predicted octanol–water partition coefficient (Wildman–Crippen LogP) is 2.06. The maximum atomic E-state index is 13.2. The molecule has 0 radical (unpaired) electrons. The van der Waals surface area contributed by atoms with Crippen LogP contribution in [0.2, 0.25) is 0 Å². The molecule has 94 valence electrons. The van der Waals surface area contributed by atoms with Crippen LogP contribution >= 0.6 is 0 Å². The first-order chi connectivity index (χ1) is 8.08. The van der Waals surface area contributed by atoms with Crippen LogP contribution in [0.5, 0.6) is 0 Å². The van der Waals surface area contributed by atoms with E-state index >= 15 is 0 Å². The summed E-state index contributed by atoms with van der Waals surface area (Å²) < 4.78 is 13.2. The van der Waals surface area contributed by atoms with Gasteiger partial charge in [0.1, 0.15) is 5.82 Å². The van der Waals surface area contributed by atoms with Crippen LogP contribution in [0, 0.1) is 12.7 Å². The van der Waals surface area contributed by atoms with E-state index in [1.54, 1.807) is 6.07 Å². The van der Waals surface area contributed by atoms with E-state index in [1.165, 1.54) is 6.20 Å². The van der Waals surface area contributed by atoms with Gasteiger partial charge in [0.25, 0.3) is 0 Å². The molecule has 0 amide bonds. The number of piperazine rings is 1. The summed E-state index contributed by atoms with van der Waals surface area (Å²) in [5.41, 5.74) is 1.85. The Kier molecular flexibility index (Phi) is 3.62. The highest BCUT2D eigenvalue weighted by Crippen LogP contribution is 2.21. The van der Waals surface area contributed by atoms with Crippen molar-refractivity contribution in [2.75, 3.05) is 31.1 Å². The molecular weight excluding hydrogens is 217 g/mol. The average molecular weight is 237 g/mol. The average Bonchev–Trinajstić information content (AvgIpc) is 2.32. The summed E-state index contributed by atoms with van der Waals surface area (Å²) in [6, 6.07) is 2.18. The smallest absolute Gasteiger partial charge is 0.143 e. The number of hydrogen-bond donors (Lipinski definition) is 0. The summed E-state index contributed by atoms with van der Waals surface area (Å²) in [6.45, 7) is 10.3. The fraction of sp³-hybridized carbons (Fsp3) is 0.615. The Balaban J connectivity index is 2.07. The molecule has 0 spiro atoms. The second kappa shape index (κ2) is 5.00. The van der Waals surface area contributed by atoms with Crippen LogP contribution < -0.4 is 4.90 Å². The Hall–Kier alpha value is -1.16.